The molecule has 0 aromatic heterocycles. The lowest BCUT2D eigenvalue weighted by molar-refractivity contribution is -0.167. The second-order valence-electron chi connectivity index (χ2n) is 20.9. The summed E-state index contributed by atoms with van der Waals surface area (Å²) < 4.78 is 16.9. The first-order chi connectivity index (χ1) is 38.5. The number of unbranched alkanes of at least 4 members (excludes halogenated alkanes) is 24. The molecular formula is C72H118O6. The highest BCUT2D eigenvalue weighted by Gasteiger charge is 2.19. The largest absolute Gasteiger partial charge is 0.462 e. The normalized spacial score (nSPS) is 13.0. The highest BCUT2D eigenvalue weighted by Crippen LogP contribution is 2.16. The van der Waals surface area contributed by atoms with Crippen molar-refractivity contribution in [2.45, 2.75) is 290 Å². The number of rotatable bonds is 57. The molecule has 0 aromatic carbocycles. The first-order valence-electron chi connectivity index (χ1n) is 32.2. The standard InChI is InChI=1S/C72H118O6/c1-4-7-10-13-16-19-22-25-28-31-32-33-34-35-36-37-38-39-40-42-44-47-50-53-56-59-62-65-71(74)77-68-69(67-76-70(73)64-61-58-55-52-49-46-43-30-27-24-21-18-15-12-9-6-3)78-72(75)66-63-60-57-54-51-48-45-41-29-26-23-20-17-14-11-8-5-2/h7-8,10-11,16-17,19-20,25-26,28-29,32-33,35-36,38-39,45,48,54,57,69H,4-6,9,12-15,18,21-24,27,30-31,34,37,40-44,46-47,49-53,55-56,58-68H2,1-3H3/b10-7-,11-8-,19-16-,20-17-,28-25-,29-26-,33-32-,36-35-,39-38-,48-45-,57-54-. The minimum atomic E-state index is -0.815. The Morgan fingerprint density at radius 1 is 0.269 bits per heavy atom. The fraction of sp³-hybridized carbons (Fsp3) is 0.653. The second-order valence-corrected chi connectivity index (χ2v) is 20.9. The molecule has 1 unspecified atom stereocenters. The summed E-state index contributed by atoms with van der Waals surface area (Å²) in [4.78, 5) is 38.3. The average Bonchev–Trinajstić information content (AvgIpc) is 3.44. The number of hydrogen-bond acceptors (Lipinski definition) is 6. The zero-order valence-electron chi connectivity index (χ0n) is 50.6. The minimum Gasteiger partial charge on any atom is -0.462 e. The van der Waals surface area contributed by atoms with Gasteiger partial charge in [0.15, 0.2) is 6.10 Å². The smallest absolute Gasteiger partial charge is 0.306 e. The molecular weight excluding hydrogens is 961 g/mol. The number of carbonyl (C=O) groups is 3. The first kappa shape index (κ1) is 73.5. The van der Waals surface area contributed by atoms with Crippen LogP contribution in [0.15, 0.2) is 134 Å². The molecule has 0 rings (SSSR count). The van der Waals surface area contributed by atoms with Crippen molar-refractivity contribution in [3.8, 4) is 0 Å². The van der Waals surface area contributed by atoms with Crippen LogP contribution in [0.4, 0.5) is 0 Å². The van der Waals surface area contributed by atoms with E-state index in [1.54, 1.807) is 0 Å². The molecule has 78 heavy (non-hydrogen) atoms. The molecule has 442 valence electrons. The molecule has 0 aliphatic rings. The van der Waals surface area contributed by atoms with Gasteiger partial charge in [0.1, 0.15) is 13.2 Å². The maximum atomic E-state index is 12.9. The number of allylic oxidation sites excluding steroid dienone is 22. The molecule has 0 fully saturated rings. The van der Waals surface area contributed by atoms with Gasteiger partial charge in [-0.1, -0.05) is 289 Å². The summed E-state index contributed by atoms with van der Waals surface area (Å²) in [5.74, 6) is -0.967. The van der Waals surface area contributed by atoms with Crippen molar-refractivity contribution in [2.24, 2.45) is 0 Å². The Morgan fingerprint density at radius 3 is 0.821 bits per heavy atom. The molecule has 0 saturated heterocycles. The predicted molar refractivity (Wildman–Crippen MR) is 339 cm³/mol. The zero-order valence-corrected chi connectivity index (χ0v) is 50.6. The van der Waals surface area contributed by atoms with Crippen LogP contribution in [0.3, 0.4) is 0 Å². The first-order valence-corrected chi connectivity index (χ1v) is 32.2. The van der Waals surface area contributed by atoms with Crippen molar-refractivity contribution in [3.05, 3.63) is 134 Å². The molecule has 0 N–H and O–H groups in total. The van der Waals surface area contributed by atoms with Crippen LogP contribution in [0.5, 0.6) is 0 Å². The predicted octanol–water partition coefficient (Wildman–Crippen LogP) is 22.2. The number of carbonyl (C=O) groups excluding carboxylic acids is 3. The van der Waals surface area contributed by atoms with Crippen molar-refractivity contribution in [1.82, 2.24) is 0 Å². The van der Waals surface area contributed by atoms with Gasteiger partial charge in [0.2, 0.25) is 0 Å². The highest BCUT2D eigenvalue weighted by atomic mass is 16.6. The molecule has 0 saturated carbocycles. The van der Waals surface area contributed by atoms with Crippen molar-refractivity contribution in [3.63, 3.8) is 0 Å². The highest BCUT2D eigenvalue weighted by molar-refractivity contribution is 5.71. The zero-order chi connectivity index (χ0) is 56.4. The van der Waals surface area contributed by atoms with E-state index in [2.05, 4.69) is 154 Å². The van der Waals surface area contributed by atoms with Crippen molar-refractivity contribution in [1.29, 1.82) is 0 Å². The fourth-order valence-corrected chi connectivity index (χ4v) is 8.66. The Kier molecular flexibility index (Phi) is 61.4. The lowest BCUT2D eigenvalue weighted by atomic mass is 10.0. The van der Waals surface area contributed by atoms with Gasteiger partial charge in [-0.2, -0.15) is 0 Å². The number of hydrogen-bond donors (Lipinski definition) is 0. The van der Waals surface area contributed by atoms with Gasteiger partial charge in [-0.25, -0.2) is 0 Å². The molecule has 6 nitrogen and oxygen atoms in total. The second kappa shape index (κ2) is 65.1. The lowest BCUT2D eigenvalue weighted by Gasteiger charge is -2.18. The van der Waals surface area contributed by atoms with Crippen LogP contribution in [-0.4, -0.2) is 37.2 Å². The topological polar surface area (TPSA) is 78.9 Å². The molecule has 0 heterocycles. The van der Waals surface area contributed by atoms with E-state index in [1.165, 1.54) is 116 Å². The van der Waals surface area contributed by atoms with Gasteiger partial charge in [0.05, 0.1) is 0 Å². The molecule has 0 amide bonds. The van der Waals surface area contributed by atoms with Gasteiger partial charge in [-0.05, 0) is 109 Å². The lowest BCUT2D eigenvalue weighted by Crippen LogP contribution is -2.30. The minimum absolute atomic E-state index is 0.104. The van der Waals surface area contributed by atoms with Gasteiger partial charge in [-0.3, -0.25) is 14.4 Å². The number of esters is 3. The maximum absolute atomic E-state index is 12.9. The molecule has 0 spiro atoms. The van der Waals surface area contributed by atoms with Gasteiger partial charge >= 0.3 is 17.9 Å². The third-order valence-corrected chi connectivity index (χ3v) is 13.4. The van der Waals surface area contributed by atoms with E-state index in [0.717, 1.165) is 122 Å². The summed E-state index contributed by atoms with van der Waals surface area (Å²) in [7, 11) is 0. The SMILES string of the molecule is CC/C=C\C/C=C\C/C=C\C/C=C\C/C=C\C/C=C\CCCCCCCCCCC(=O)OCC(COC(=O)CCCCCCCCCCCCCCCCCC)OC(=O)CCC/C=C\C/C=C\C/C=C\C/C=C\C/C=C\CC. The Balaban J connectivity index is 4.43. The third kappa shape index (κ3) is 62.4. The molecule has 6 heteroatoms. The molecule has 0 aromatic rings. The van der Waals surface area contributed by atoms with E-state index in [1.807, 2.05) is 0 Å². The summed E-state index contributed by atoms with van der Waals surface area (Å²) in [6.45, 7) is 6.38. The Labute approximate surface area is 481 Å². The van der Waals surface area contributed by atoms with E-state index >= 15 is 0 Å². The molecule has 1 atom stereocenters. The molecule has 0 radical (unpaired) electrons. The summed E-state index contributed by atoms with van der Waals surface area (Å²) in [5, 5.41) is 0. The quantitative estimate of drug-likeness (QED) is 0.0261. The van der Waals surface area contributed by atoms with Crippen LogP contribution in [0, 0.1) is 0 Å². The van der Waals surface area contributed by atoms with Crippen LogP contribution >= 0.6 is 0 Å². The van der Waals surface area contributed by atoms with E-state index in [-0.39, 0.29) is 37.5 Å². The Morgan fingerprint density at radius 2 is 0.513 bits per heavy atom. The summed E-state index contributed by atoms with van der Waals surface area (Å²) in [6.07, 6.45) is 91.7. The molecule has 0 aliphatic carbocycles. The maximum Gasteiger partial charge on any atom is 0.306 e. The molecule has 0 aliphatic heterocycles. The van der Waals surface area contributed by atoms with Crippen molar-refractivity contribution in [2.75, 3.05) is 13.2 Å². The van der Waals surface area contributed by atoms with Gasteiger partial charge in [-0.15, -0.1) is 0 Å². The van der Waals surface area contributed by atoms with E-state index in [9.17, 15) is 14.4 Å². The van der Waals surface area contributed by atoms with Gasteiger partial charge in [0, 0.05) is 19.3 Å². The Hall–Kier alpha value is -4.45. The summed E-state index contributed by atoms with van der Waals surface area (Å²) in [5.41, 5.74) is 0. The Bertz CT molecular complexity index is 1670. The van der Waals surface area contributed by atoms with Crippen LogP contribution in [0.2, 0.25) is 0 Å². The van der Waals surface area contributed by atoms with E-state index in [4.69, 9.17) is 14.2 Å². The van der Waals surface area contributed by atoms with Crippen LogP contribution < -0.4 is 0 Å². The fourth-order valence-electron chi connectivity index (χ4n) is 8.66. The molecule has 0 bridgehead atoms. The van der Waals surface area contributed by atoms with Gasteiger partial charge < -0.3 is 14.2 Å². The monoisotopic (exact) mass is 1080 g/mol. The average molecular weight is 1080 g/mol. The number of ether oxygens (including phenoxy) is 3. The van der Waals surface area contributed by atoms with Gasteiger partial charge in [0.25, 0.3) is 0 Å². The van der Waals surface area contributed by atoms with Crippen LogP contribution in [0.1, 0.15) is 284 Å². The van der Waals surface area contributed by atoms with Crippen molar-refractivity contribution < 1.29 is 28.6 Å². The van der Waals surface area contributed by atoms with E-state index in [0.29, 0.717) is 19.3 Å². The van der Waals surface area contributed by atoms with Crippen molar-refractivity contribution >= 4 is 17.9 Å². The van der Waals surface area contributed by atoms with E-state index < -0.39 is 6.10 Å². The van der Waals surface area contributed by atoms with Crippen LogP contribution in [0.25, 0.3) is 0 Å². The summed E-state index contributed by atoms with van der Waals surface area (Å²) in [6, 6.07) is 0. The van der Waals surface area contributed by atoms with Crippen LogP contribution in [-0.2, 0) is 28.6 Å². The summed E-state index contributed by atoms with van der Waals surface area (Å²) >= 11 is 0. The third-order valence-electron chi connectivity index (χ3n) is 13.4.